The Morgan fingerprint density at radius 1 is 1.33 bits per heavy atom. The van der Waals surface area contributed by atoms with Crippen LogP contribution in [0.15, 0.2) is 24.4 Å². The first kappa shape index (κ1) is 14.8. The van der Waals surface area contributed by atoms with E-state index in [-0.39, 0.29) is 18.3 Å². The molecule has 24 heavy (non-hydrogen) atoms. The first-order valence-electron chi connectivity index (χ1n) is 7.77. The normalized spacial score (nSPS) is 18.8. The van der Waals surface area contributed by atoms with E-state index >= 15 is 0 Å². The summed E-state index contributed by atoms with van der Waals surface area (Å²) in [6, 6.07) is 6.84. The van der Waals surface area contributed by atoms with Gasteiger partial charge in [-0.25, -0.2) is 9.37 Å². The summed E-state index contributed by atoms with van der Waals surface area (Å²) in [7, 11) is 1.54. The van der Waals surface area contributed by atoms with Crippen molar-refractivity contribution >= 4 is 0 Å². The van der Waals surface area contributed by atoms with Crippen LogP contribution in [0.3, 0.4) is 0 Å². The molecule has 122 valence electrons. The molecule has 0 N–H and O–H groups in total. The highest BCUT2D eigenvalue weighted by atomic mass is 19.1. The Kier molecular flexibility index (Phi) is 3.49. The molecule has 5 nitrogen and oxygen atoms in total. The van der Waals surface area contributed by atoms with Gasteiger partial charge in [-0.1, -0.05) is 0 Å². The number of methoxy groups -OCH3 is 1. The van der Waals surface area contributed by atoms with Crippen LogP contribution in [-0.4, -0.2) is 18.7 Å². The molecule has 1 aliphatic heterocycles. The number of pyridine rings is 1. The fourth-order valence-corrected chi connectivity index (χ4v) is 2.95. The Morgan fingerprint density at radius 2 is 2.17 bits per heavy atom. The average Bonchev–Trinajstić information content (AvgIpc) is 3.46. The number of hydrogen-bond donors (Lipinski definition) is 0. The van der Waals surface area contributed by atoms with Gasteiger partial charge in [0.05, 0.1) is 18.7 Å². The van der Waals surface area contributed by atoms with Gasteiger partial charge in [-0.15, -0.1) is 0 Å². The fourth-order valence-electron chi connectivity index (χ4n) is 2.95. The number of rotatable bonds is 3. The van der Waals surface area contributed by atoms with E-state index in [0.29, 0.717) is 17.2 Å². The molecule has 1 atom stereocenters. The highest BCUT2D eigenvalue weighted by molar-refractivity contribution is 5.59. The monoisotopic (exact) mass is 326 g/mol. The Balaban J connectivity index is 1.70. The van der Waals surface area contributed by atoms with E-state index in [0.717, 1.165) is 24.0 Å². The molecule has 1 saturated carbocycles. The Morgan fingerprint density at radius 3 is 2.79 bits per heavy atom. The van der Waals surface area contributed by atoms with Crippen molar-refractivity contribution in [1.82, 2.24) is 4.98 Å². The van der Waals surface area contributed by atoms with Gasteiger partial charge in [-0.3, -0.25) is 0 Å². The molecule has 2 aromatic rings. The minimum Gasteiger partial charge on any atom is -0.485 e. The van der Waals surface area contributed by atoms with E-state index in [1.165, 1.54) is 6.07 Å². The summed E-state index contributed by atoms with van der Waals surface area (Å²) in [5.41, 5.74) is 1.89. The van der Waals surface area contributed by atoms with Crippen molar-refractivity contribution in [3.05, 3.63) is 46.9 Å². The molecular weight excluding hydrogens is 311 g/mol. The molecule has 2 aliphatic rings. The summed E-state index contributed by atoms with van der Waals surface area (Å²) in [4.78, 5) is 4.14. The van der Waals surface area contributed by atoms with Gasteiger partial charge in [0.25, 0.3) is 0 Å². The van der Waals surface area contributed by atoms with Gasteiger partial charge in [-0.05, 0) is 30.9 Å². The van der Waals surface area contributed by atoms with Crippen LogP contribution in [0.4, 0.5) is 4.39 Å². The van der Waals surface area contributed by atoms with Crippen molar-refractivity contribution in [2.75, 3.05) is 13.7 Å². The van der Waals surface area contributed by atoms with Gasteiger partial charge in [-0.2, -0.15) is 5.26 Å². The number of hydrogen-bond acceptors (Lipinski definition) is 5. The number of fused-ring (bicyclic) bond motifs is 1. The molecule has 2 heterocycles. The van der Waals surface area contributed by atoms with Crippen molar-refractivity contribution < 1.29 is 18.6 Å². The van der Waals surface area contributed by atoms with Gasteiger partial charge in [0.15, 0.2) is 23.4 Å². The first-order chi connectivity index (χ1) is 11.7. The highest BCUT2D eigenvalue weighted by Gasteiger charge is 2.36. The number of nitrogens with zero attached hydrogens (tertiary/aromatic N) is 2. The molecule has 1 aliphatic carbocycles. The molecule has 1 unspecified atom stereocenters. The summed E-state index contributed by atoms with van der Waals surface area (Å²) in [6.45, 7) is 0.245. The van der Waals surface area contributed by atoms with E-state index in [9.17, 15) is 9.65 Å². The van der Waals surface area contributed by atoms with Crippen LogP contribution in [0.1, 0.15) is 41.6 Å². The number of aromatic nitrogens is 1. The standard InChI is InChI=1S/C18H15FN2O3/c1-22-15-5-4-11(8-21-15)14-9-23-18-16(10-2-3-10)12(7-20)6-13(19)17(18)24-14/h4-6,8,10,14H,2-3,9H2,1H3. The zero-order chi connectivity index (χ0) is 16.7. The molecule has 1 fully saturated rings. The lowest BCUT2D eigenvalue weighted by Crippen LogP contribution is -2.23. The highest BCUT2D eigenvalue weighted by Crippen LogP contribution is 2.52. The number of benzene rings is 1. The predicted molar refractivity (Wildman–Crippen MR) is 82.7 cm³/mol. The summed E-state index contributed by atoms with van der Waals surface area (Å²) in [5, 5.41) is 9.27. The number of nitriles is 1. The number of ether oxygens (including phenoxy) is 3. The largest absolute Gasteiger partial charge is 0.485 e. The maximum absolute atomic E-state index is 14.4. The molecule has 0 saturated heterocycles. The van der Waals surface area contributed by atoms with Crippen molar-refractivity contribution in [3.8, 4) is 23.4 Å². The minimum atomic E-state index is -0.572. The van der Waals surface area contributed by atoms with Crippen LogP contribution in [-0.2, 0) is 0 Å². The quantitative estimate of drug-likeness (QED) is 0.864. The summed E-state index contributed by atoms with van der Waals surface area (Å²) in [6.07, 6.45) is 3.15. The summed E-state index contributed by atoms with van der Waals surface area (Å²) in [5.74, 6) is 0.653. The topological polar surface area (TPSA) is 64.4 Å². The summed E-state index contributed by atoms with van der Waals surface area (Å²) >= 11 is 0. The van der Waals surface area contributed by atoms with E-state index in [1.54, 1.807) is 19.4 Å². The van der Waals surface area contributed by atoms with Crippen molar-refractivity contribution in [2.45, 2.75) is 24.9 Å². The third-order valence-corrected chi connectivity index (χ3v) is 4.31. The van der Waals surface area contributed by atoms with E-state index in [2.05, 4.69) is 11.1 Å². The van der Waals surface area contributed by atoms with Crippen molar-refractivity contribution in [1.29, 1.82) is 5.26 Å². The smallest absolute Gasteiger partial charge is 0.212 e. The zero-order valence-corrected chi connectivity index (χ0v) is 13.1. The maximum atomic E-state index is 14.4. The Hall–Kier alpha value is -2.81. The van der Waals surface area contributed by atoms with Crippen LogP contribution >= 0.6 is 0 Å². The molecule has 6 heteroatoms. The van der Waals surface area contributed by atoms with Gasteiger partial charge >= 0.3 is 0 Å². The summed E-state index contributed by atoms with van der Waals surface area (Å²) < 4.78 is 31.1. The molecule has 4 rings (SSSR count). The maximum Gasteiger partial charge on any atom is 0.212 e. The van der Waals surface area contributed by atoms with E-state index in [4.69, 9.17) is 14.2 Å². The predicted octanol–water partition coefficient (Wildman–Crippen LogP) is 3.49. The lowest BCUT2D eigenvalue weighted by Gasteiger charge is -2.29. The van der Waals surface area contributed by atoms with Gasteiger partial charge in [0, 0.05) is 23.4 Å². The van der Waals surface area contributed by atoms with Crippen LogP contribution in [0, 0.1) is 17.1 Å². The lowest BCUT2D eigenvalue weighted by atomic mass is 10.0. The Bertz CT molecular complexity index is 826. The second-order valence-corrected chi connectivity index (χ2v) is 5.92. The van der Waals surface area contributed by atoms with Crippen LogP contribution in [0.2, 0.25) is 0 Å². The van der Waals surface area contributed by atoms with Gasteiger partial charge < -0.3 is 14.2 Å². The average molecular weight is 326 g/mol. The third kappa shape index (κ3) is 2.42. The SMILES string of the molecule is COc1ccc(C2COc3c(c(F)cc(C#N)c3C3CC3)O2)cn1. The molecule has 1 aromatic heterocycles. The second-order valence-electron chi connectivity index (χ2n) is 5.92. The van der Waals surface area contributed by atoms with Gasteiger partial charge in [0.1, 0.15) is 6.61 Å². The minimum absolute atomic E-state index is 0.0861. The van der Waals surface area contributed by atoms with Gasteiger partial charge in [0.2, 0.25) is 5.88 Å². The van der Waals surface area contributed by atoms with Crippen LogP contribution in [0.5, 0.6) is 17.4 Å². The second kappa shape index (κ2) is 5.68. The molecule has 0 radical (unpaired) electrons. The third-order valence-electron chi connectivity index (χ3n) is 4.31. The molecule has 0 spiro atoms. The van der Waals surface area contributed by atoms with Crippen LogP contribution < -0.4 is 14.2 Å². The lowest BCUT2D eigenvalue weighted by molar-refractivity contribution is 0.0843. The van der Waals surface area contributed by atoms with E-state index in [1.807, 2.05) is 6.07 Å². The molecule has 0 amide bonds. The Labute approximate surface area is 138 Å². The first-order valence-corrected chi connectivity index (χ1v) is 7.77. The molecule has 1 aromatic carbocycles. The fraction of sp³-hybridized carbons (Fsp3) is 0.333. The molecule has 0 bridgehead atoms. The van der Waals surface area contributed by atoms with Crippen molar-refractivity contribution in [3.63, 3.8) is 0 Å². The van der Waals surface area contributed by atoms with Crippen LogP contribution in [0.25, 0.3) is 0 Å². The van der Waals surface area contributed by atoms with Crippen molar-refractivity contribution in [2.24, 2.45) is 0 Å². The van der Waals surface area contributed by atoms with E-state index < -0.39 is 11.9 Å². The number of halogens is 1. The zero-order valence-electron chi connectivity index (χ0n) is 13.1. The molecular formula is C18H15FN2O3.